The first-order valence-corrected chi connectivity index (χ1v) is 5.93. The summed E-state index contributed by atoms with van der Waals surface area (Å²) in [6.07, 6.45) is 1.40. The largest absolute Gasteiger partial charge is 0.397 e. The molecule has 19 heavy (non-hydrogen) atoms. The molecule has 7 nitrogen and oxygen atoms in total. The molecule has 0 spiro atoms. The molecule has 0 aromatic carbocycles. The first-order chi connectivity index (χ1) is 8.86. The van der Waals surface area contributed by atoms with Gasteiger partial charge >= 0.3 is 0 Å². The van der Waals surface area contributed by atoms with Gasteiger partial charge in [0, 0.05) is 13.6 Å². The first kappa shape index (κ1) is 14.7. The Labute approximate surface area is 112 Å². The average molecular weight is 265 g/mol. The Hall–Kier alpha value is -2.31. The smallest absolute Gasteiger partial charge is 0.252 e. The molecular weight excluding hydrogens is 246 g/mol. The van der Waals surface area contributed by atoms with Crippen LogP contribution in [0.5, 0.6) is 0 Å². The normalized spacial score (nSPS) is 11.7. The Bertz CT molecular complexity index is 489. The van der Waals surface area contributed by atoms with E-state index in [4.69, 9.17) is 11.5 Å². The Morgan fingerprint density at radius 3 is 2.68 bits per heavy atom. The standard InChI is InChI=1S/C12H19N5O2/c1-4-17(3)12(19)7(2)16-11-9(10(14)18)5-8(13)6-15-11/h5-7H,4,13H2,1-3H3,(H2,14,18)(H,15,16). The van der Waals surface area contributed by atoms with E-state index >= 15 is 0 Å². The number of amides is 2. The van der Waals surface area contributed by atoms with Crippen LogP contribution in [0.25, 0.3) is 0 Å². The second kappa shape index (κ2) is 6.03. The number of aromatic nitrogens is 1. The number of nitrogens with one attached hydrogen (secondary N) is 1. The van der Waals surface area contributed by atoms with E-state index < -0.39 is 11.9 Å². The predicted octanol–water partition coefficient (Wildman–Crippen LogP) is 0.0414. The van der Waals surface area contributed by atoms with Gasteiger partial charge in [0.25, 0.3) is 5.91 Å². The lowest BCUT2D eigenvalue weighted by atomic mass is 10.2. The molecule has 1 aromatic rings. The Balaban J connectivity index is 2.93. The van der Waals surface area contributed by atoms with Crippen LogP contribution >= 0.6 is 0 Å². The van der Waals surface area contributed by atoms with Crippen LogP contribution in [-0.4, -0.2) is 41.3 Å². The van der Waals surface area contributed by atoms with Gasteiger partial charge in [-0.3, -0.25) is 9.59 Å². The zero-order valence-corrected chi connectivity index (χ0v) is 11.3. The number of hydrogen-bond acceptors (Lipinski definition) is 5. The average Bonchev–Trinajstić information content (AvgIpc) is 2.38. The maximum atomic E-state index is 11.9. The number of likely N-dealkylation sites (N-methyl/N-ethyl adjacent to an activating group) is 1. The summed E-state index contributed by atoms with van der Waals surface area (Å²) in [7, 11) is 1.70. The highest BCUT2D eigenvalue weighted by Gasteiger charge is 2.19. The van der Waals surface area contributed by atoms with Crippen molar-refractivity contribution in [2.45, 2.75) is 19.9 Å². The van der Waals surface area contributed by atoms with Crippen LogP contribution in [0.1, 0.15) is 24.2 Å². The summed E-state index contributed by atoms with van der Waals surface area (Å²) in [5.74, 6) is -0.491. The van der Waals surface area contributed by atoms with Crippen molar-refractivity contribution in [3.05, 3.63) is 17.8 Å². The number of rotatable bonds is 5. The molecule has 0 fully saturated rings. The minimum Gasteiger partial charge on any atom is -0.397 e. The molecule has 0 aliphatic rings. The van der Waals surface area contributed by atoms with E-state index in [2.05, 4.69) is 10.3 Å². The molecule has 7 heteroatoms. The van der Waals surface area contributed by atoms with Crippen molar-refractivity contribution in [3.8, 4) is 0 Å². The molecule has 0 saturated heterocycles. The number of hydrogen-bond donors (Lipinski definition) is 3. The maximum absolute atomic E-state index is 11.9. The number of carbonyl (C=O) groups is 2. The number of anilines is 2. The molecule has 0 bridgehead atoms. The fourth-order valence-corrected chi connectivity index (χ4v) is 1.54. The van der Waals surface area contributed by atoms with Crippen LogP contribution in [-0.2, 0) is 4.79 Å². The summed E-state index contributed by atoms with van der Waals surface area (Å²) in [4.78, 5) is 28.8. The lowest BCUT2D eigenvalue weighted by Gasteiger charge is -2.21. The molecule has 1 aromatic heterocycles. The number of pyridine rings is 1. The van der Waals surface area contributed by atoms with Crippen molar-refractivity contribution in [2.24, 2.45) is 5.73 Å². The first-order valence-electron chi connectivity index (χ1n) is 5.93. The SMILES string of the molecule is CCN(C)C(=O)C(C)Nc1ncc(N)cc1C(N)=O. The molecule has 0 saturated carbocycles. The van der Waals surface area contributed by atoms with Crippen molar-refractivity contribution < 1.29 is 9.59 Å². The summed E-state index contributed by atoms with van der Waals surface area (Å²) in [6, 6.07) is 0.914. The summed E-state index contributed by atoms with van der Waals surface area (Å²) in [6.45, 7) is 4.17. The molecule has 1 rings (SSSR count). The molecule has 0 radical (unpaired) electrons. The van der Waals surface area contributed by atoms with Crippen LogP contribution in [0.4, 0.5) is 11.5 Å². The van der Waals surface area contributed by atoms with Gasteiger partial charge < -0.3 is 21.7 Å². The number of nitrogens with zero attached hydrogens (tertiary/aromatic N) is 2. The number of carbonyl (C=O) groups excluding carboxylic acids is 2. The van der Waals surface area contributed by atoms with E-state index in [1.165, 1.54) is 12.3 Å². The predicted molar refractivity (Wildman–Crippen MR) is 73.6 cm³/mol. The summed E-state index contributed by atoms with van der Waals surface area (Å²) in [5.41, 5.74) is 11.3. The van der Waals surface area contributed by atoms with E-state index in [-0.39, 0.29) is 17.3 Å². The fourth-order valence-electron chi connectivity index (χ4n) is 1.54. The lowest BCUT2D eigenvalue weighted by Crippen LogP contribution is -2.39. The van der Waals surface area contributed by atoms with Gasteiger partial charge in [-0.1, -0.05) is 0 Å². The molecule has 0 aliphatic heterocycles. The van der Waals surface area contributed by atoms with Crippen molar-refractivity contribution in [1.29, 1.82) is 0 Å². The summed E-state index contributed by atoms with van der Waals surface area (Å²) in [5, 5.41) is 2.88. The Morgan fingerprint density at radius 1 is 1.53 bits per heavy atom. The minimum atomic E-state index is -0.647. The van der Waals surface area contributed by atoms with Gasteiger partial charge in [-0.05, 0) is 19.9 Å². The monoisotopic (exact) mass is 265 g/mol. The van der Waals surface area contributed by atoms with E-state index in [9.17, 15) is 9.59 Å². The number of primary amides is 1. The van der Waals surface area contributed by atoms with Crippen LogP contribution in [0, 0.1) is 0 Å². The minimum absolute atomic E-state index is 0.100. The summed E-state index contributed by atoms with van der Waals surface area (Å²) >= 11 is 0. The van der Waals surface area contributed by atoms with Crippen molar-refractivity contribution in [1.82, 2.24) is 9.88 Å². The molecule has 1 unspecified atom stereocenters. The zero-order valence-electron chi connectivity index (χ0n) is 11.3. The molecule has 1 heterocycles. The topological polar surface area (TPSA) is 114 Å². The van der Waals surface area contributed by atoms with Gasteiger partial charge in [-0.2, -0.15) is 0 Å². The molecule has 0 aliphatic carbocycles. The highest BCUT2D eigenvalue weighted by Crippen LogP contribution is 2.16. The second-order valence-corrected chi connectivity index (χ2v) is 4.25. The van der Waals surface area contributed by atoms with Gasteiger partial charge in [-0.15, -0.1) is 0 Å². The second-order valence-electron chi connectivity index (χ2n) is 4.25. The van der Waals surface area contributed by atoms with Crippen molar-refractivity contribution >= 4 is 23.3 Å². The maximum Gasteiger partial charge on any atom is 0.252 e. The van der Waals surface area contributed by atoms with Gasteiger partial charge in [0.05, 0.1) is 17.4 Å². The van der Waals surface area contributed by atoms with Gasteiger partial charge in [0.15, 0.2) is 0 Å². The number of nitrogens with two attached hydrogens (primary N) is 2. The molecule has 5 N–H and O–H groups in total. The van der Waals surface area contributed by atoms with Crippen LogP contribution in [0.15, 0.2) is 12.3 Å². The highest BCUT2D eigenvalue weighted by atomic mass is 16.2. The fraction of sp³-hybridized carbons (Fsp3) is 0.417. The molecule has 2 amide bonds. The van der Waals surface area contributed by atoms with E-state index in [0.29, 0.717) is 12.2 Å². The Morgan fingerprint density at radius 2 is 2.16 bits per heavy atom. The van der Waals surface area contributed by atoms with E-state index in [1.807, 2.05) is 6.92 Å². The van der Waals surface area contributed by atoms with E-state index in [0.717, 1.165) is 0 Å². The van der Waals surface area contributed by atoms with Crippen LogP contribution in [0.3, 0.4) is 0 Å². The van der Waals surface area contributed by atoms with Gasteiger partial charge in [-0.25, -0.2) is 4.98 Å². The van der Waals surface area contributed by atoms with Crippen molar-refractivity contribution in [2.75, 3.05) is 24.6 Å². The van der Waals surface area contributed by atoms with Gasteiger partial charge in [0.2, 0.25) is 5.91 Å². The number of nitrogen functional groups attached to an aromatic ring is 1. The van der Waals surface area contributed by atoms with Crippen LogP contribution < -0.4 is 16.8 Å². The highest BCUT2D eigenvalue weighted by molar-refractivity contribution is 5.99. The third-order valence-corrected chi connectivity index (χ3v) is 2.75. The van der Waals surface area contributed by atoms with E-state index in [1.54, 1.807) is 18.9 Å². The summed E-state index contributed by atoms with van der Waals surface area (Å²) < 4.78 is 0. The molecule has 1 atom stereocenters. The quantitative estimate of drug-likeness (QED) is 0.695. The van der Waals surface area contributed by atoms with Gasteiger partial charge in [0.1, 0.15) is 11.9 Å². The van der Waals surface area contributed by atoms with Crippen molar-refractivity contribution in [3.63, 3.8) is 0 Å². The Kier molecular flexibility index (Phi) is 4.68. The third-order valence-electron chi connectivity index (χ3n) is 2.75. The van der Waals surface area contributed by atoms with Crippen LogP contribution in [0.2, 0.25) is 0 Å². The lowest BCUT2D eigenvalue weighted by molar-refractivity contribution is -0.130. The zero-order chi connectivity index (χ0) is 14.6. The molecule has 104 valence electrons. The molecular formula is C12H19N5O2. The third kappa shape index (κ3) is 3.57.